The van der Waals surface area contributed by atoms with Crippen LogP contribution in [0.1, 0.15) is 21.2 Å². The van der Waals surface area contributed by atoms with Gasteiger partial charge in [0.05, 0.1) is 5.92 Å². The predicted octanol–water partition coefficient (Wildman–Crippen LogP) is 2.74. The summed E-state index contributed by atoms with van der Waals surface area (Å²) in [5.41, 5.74) is 2.16. The van der Waals surface area contributed by atoms with Crippen molar-refractivity contribution in [1.29, 1.82) is 0 Å². The van der Waals surface area contributed by atoms with Crippen LogP contribution in [0.4, 0.5) is 0 Å². The van der Waals surface area contributed by atoms with Gasteiger partial charge in [0.15, 0.2) is 5.78 Å². The van der Waals surface area contributed by atoms with Gasteiger partial charge >= 0.3 is 11.9 Å². The summed E-state index contributed by atoms with van der Waals surface area (Å²) in [5.74, 6) is -3.32. The van der Waals surface area contributed by atoms with Crippen molar-refractivity contribution in [3.8, 4) is 0 Å². The second-order valence-corrected chi connectivity index (χ2v) is 8.81. The molecule has 4 rings (SSSR count). The number of Topliss-reactive ketones (excluding diaryl/α,β-unsaturated/α-hetero) is 1. The minimum atomic E-state index is -1.82. The second-order valence-electron chi connectivity index (χ2n) is 7.63. The smallest absolute Gasteiger partial charge is 0.414 e. The molecular weight excluding hydrogens is 416 g/mol. The molecule has 0 amide bonds. The molecule has 0 radical (unpaired) electrons. The average Bonchev–Trinajstić information content (AvgIpc) is 2.78. The van der Waals surface area contributed by atoms with Crippen LogP contribution in [0.5, 0.6) is 0 Å². The van der Waals surface area contributed by atoms with Gasteiger partial charge in [0.25, 0.3) is 0 Å². The second kappa shape index (κ2) is 10.6. The summed E-state index contributed by atoms with van der Waals surface area (Å²) in [7, 11) is 2.17. The monoisotopic (exact) mass is 442 g/mol. The molecule has 1 saturated heterocycles. The number of hydrogen-bond acceptors (Lipinski definition) is 6. The molecule has 2 aromatic carbocycles. The number of piperazine rings is 1. The van der Waals surface area contributed by atoms with Crippen LogP contribution in [0.3, 0.4) is 0 Å². The van der Waals surface area contributed by atoms with Gasteiger partial charge < -0.3 is 20.0 Å². The summed E-state index contributed by atoms with van der Waals surface area (Å²) in [6, 6.07) is 18.6. The van der Waals surface area contributed by atoms with Crippen molar-refractivity contribution in [3.05, 3.63) is 65.7 Å². The van der Waals surface area contributed by atoms with E-state index in [0.717, 1.165) is 43.2 Å². The molecule has 164 valence electrons. The van der Waals surface area contributed by atoms with Crippen molar-refractivity contribution in [2.45, 2.75) is 10.1 Å². The molecule has 0 saturated carbocycles. The van der Waals surface area contributed by atoms with Crippen molar-refractivity contribution in [3.63, 3.8) is 0 Å². The first-order valence-corrected chi connectivity index (χ1v) is 11.0. The zero-order valence-electron chi connectivity index (χ0n) is 17.3. The number of carboxylic acid groups (broad SMARTS) is 2. The molecule has 8 heteroatoms. The van der Waals surface area contributed by atoms with E-state index in [1.807, 2.05) is 36.0 Å². The van der Waals surface area contributed by atoms with Crippen molar-refractivity contribution < 1.29 is 24.6 Å². The van der Waals surface area contributed by atoms with Gasteiger partial charge in [0.1, 0.15) is 0 Å². The molecule has 2 aliphatic heterocycles. The lowest BCUT2D eigenvalue weighted by atomic mass is 9.89. The number of ketones is 1. The third-order valence-corrected chi connectivity index (χ3v) is 6.94. The highest BCUT2D eigenvalue weighted by molar-refractivity contribution is 7.99. The lowest BCUT2D eigenvalue weighted by Gasteiger charge is -2.38. The van der Waals surface area contributed by atoms with Gasteiger partial charge in [0, 0.05) is 48.4 Å². The first-order chi connectivity index (χ1) is 14.9. The maximum Gasteiger partial charge on any atom is 0.414 e. The molecule has 0 bridgehead atoms. The van der Waals surface area contributed by atoms with E-state index in [4.69, 9.17) is 19.8 Å². The van der Waals surface area contributed by atoms with Gasteiger partial charge in [-0.2, -0.15) is 0 Å². The van der Waals surface area contributed by atoms with Crippen LogP contribution in [0.15, 0.2) is 59.5 Å². The minimum Gasteiger partial charge on any atom is -0.473 e. The van der Waals surface area contributed by atoms with E-state index in [-0.39, 0.29) is 11.2 Å². The number of hydrogen-bond donors (Lipinski definition) is 2. The molecule has 2 atom stereocenters. The van der Waals surface area contributed by atoms with Gasteiger partial charge in [-0.3, -0.25) is 4.79 Å². The molecule has 2 heterocycles. The molecule has 0 spiro atoms. The number of benzene rings is 2. The number of carboxylic acids is 2. The average molecular weight is 443 g/mol. The molecule has 31 heavy (non-hydrogen) atoms. The highest BCUT2D eigenvalue weighted by Crippen LogP contribution is 2.48. The Kier molecular flexibility index (Phi) is 7.84. The van der Waals surface area contributed by atoms with Crippen LogP contribution in [0.25, 0.3) is 0 Å². The lowest BCUT2D eigenvalue weighted by Crippen LogP contribution is -2.48. The van der Waals surface area contributed by atoms with Crippen LogP contribution >= 0.6 is 11.8 Å². The molecular formula is C23H26N2O5S. The van der Waals surface area contributed by atoms with E-state index in [9.17, 15) is 4.79 Å². The van der Waals surface area contributed by atoms with E-state index < -0.39 is 11.9 Å². The van der Waals surface area contributed by atoms with Gasteiger partial charge in [-0.05, 0) is 18.7 Å². The fourth-order valence-corrected chi connectivity index (χ4v) is 5.15. The lowest BCUT2D eigenvalue weighted by molar-refractivity contribution is -0.159. The number of likely N-dealkylation sites (N-methyl/N-ethyl adjacent to an activating group) is 1. The maximum absolute atomic E-state index is 13.3. The number of fused-ring (bicyclic) bond motifs is 1. The zero-order valence-corrected chi connectivity index (χ0v) is 18.1. The third-order valence-electron chi connectivity index (χ3n) is 5.47. The summed E-state index contributed by atoms with van der Waals surface area (Å²) in [4.78, 5) is 37.4. The quantitative estimate of drug-likeness (QED) is 0.701. The highest BCUT2D eigenvalue weighted by atomic mass is 32.2. The Morgan fingerprint density at radius 1 is 0.935 bits per heavy atom. The first kappa shape index (κ1) is 23.0. The largest absolute Gasteiger partial charge is 0.473 e. The number of carbonyl (C=O) groups is 3. The van der Waals surface area contributed by atoms with E-state index in [0.29, 0.717) is 5.78 Å². The van der Waals surface area contributed by atoms with E-state index in [1.54, 1.807) is 0 Å². The Morgan fingerprint density at radius 2 is 1.52 bits per heavy atom. The van der Waals surface area contributed by atoms with E-state index >= 15 is 0 Å². The predicted molar refractivity (Wildman–Crippen MR) is 119 cm³/mol. The molecule has 0 aromatic heterocycles. The fraction of sp³-hybridized carbons (Fsp3) is 0.348. The topological polar surface area (TPSA) is 98.2 Å². The van der Waals surface area contributed by atoms with Crippen LogP contribution < -0.4 is 0 Å². The summed E-state index contributed by atoms with van der Waals surface area (Å²) in [6.07, 6.45) is 0. The van der Waals surface area contributed by atoms with E-state index in [2.05, 4.69) is 47.2 Å². The fourth-order valence-electron chi connectivity index (χ4n) is 3.76. The summed E-state index contributed by atoms with van der Waals surface area (Å²) >= 11 is 1.85. The third kappa shape index (κ3) is 5.94. The summed E-state index contributed by atoms with van der Waals surface area (Å²) in [5, 5.41) is 15.0. The normalized spacial score (nSPS) is 21.5. The molecule has 2 unspecified atom stereocenters. The highest BCUT2D eigenvalue weighted by Gasteiger charge is 2.38. The standard InChI is InChI=1S/C21H24N2OS.C2H2O4/c1-22-11-13-23(14-12-22)15-18-20(24)17-9-5-6-10-19(17)25-21(18)16-7-3-2-4-8-16;3-1(4)2(5)6/h2-10,18,21H,11-15H2,1H3;(H,3,4)(H,5,6). The van der Waals surface area contributed by atoms with E-state index in [1.165, 1.54) is 5.56 Å². The molecule has 2 aromatic rings. The number of carbonyl (C=O) groups excluding carboxylic acids is 1. The molecule has 0 aliphatic carbocycles. The van der Waals surface area contributed by atoms with Crippen LogP contribution in [0.2, 0.25) is 0 Å². The summed E-state index contributed by atoms with van der Waals surface area (Å²) < 4.78 is 0. The van der Waals surface area contributed by atoms with Crippen molar-refractivity contribution in [2.24, 2.45) is 5.92 Å². The van der Waals surface area contributed by atoms with Gasteiger partial charge in [-0.25, -0.2) is 9.59 Å². The Bertz CT molecular complexity index is 917. The van der Waals surface area contributed by atoms with Gasteiger partial charge in [0.2, 0.25) is 0 Å². The summed E-state index contributed by atoms with van der Waals surface area (Å²) in [6.45, 7) is 5.12. The van der Waals surface area contributed by atoms with Crippen molar-refractivity contribution in [2.75, 3.05) is 39.8 Å². The number of rotatable bonds is 3. The van der Waals surface area contributed by atoms with Crippen molar-refractivity contribution in [1.82, 2.24) is 9.80 Å². The van der Waals surface area contributed by atoms with Crippen LogP contribution in [0, 0.1) is 5.92 Å². The molecule has 2 aliphatic rings. The Balaban J connectivity index is 0.000000401. The number of nitrogens with zero attached hydrogens (tertiary/aromatic N) is 2. The zero-order chi connectivity index (χ0) is 22.4. The molecule has 2 N–H and O–H groups in total. The Labute approximate surface area is 185 Å². The van der Waals surface area contributed by atoms with Crippen LogP contribution in [-0.4, -0.2) is 77.5 Å². The maximum atomic E-state index is 13.3. The minimum absolute atomic E-state index is 0.0192. The van der Waals surface area contributed by atoms with Gasteiger partial charge in [-0.15, -0.1) is 11.8 Å². The first-order valence-electron chi connectivity index (χ1n) is 10.1. The molecule has 7 nitrogen and oxygen atoms in total. The number of thioether (sulfide) groups is 1. The number of aliphatic carboxylic acids is 2. The van der Waals surface area contributed by atoms with Crippen LogP contribution in [-0.2, 0) is 9.59 Å². The van der Waals surface area contributed by atoms with Crippen molar-refractivity contribution >= 4 is 29.5 Å². The SMILES string of the molecule is CN1CCN(CC2C(=O)c3ccccc3SC2c2ccccc2)CC1.O=C(O)C(=O)O. The Morgan fingerprint density at radius 3 is 2.13 bits per heavy atom. The Hall–Kier alpha value is -2.68. The molecule has 1 fully saturated rings. The van der Waals surface area contributed by atoms with Gasteiger partial charge in [-0.1, -0.05) is 48.5 Å².